The molecule has 4 heterocycles. The van der Waals surface area contributed by atoms with Crippen molar-refractivity contribution < 1.29 is 29.4 Å². The van der Waals surface area contributed by atoms with E-state index in [1.807, 2.05) is 41.5 Å². The van der Waals surface area contributed by atoms with Gasteiger partial charge in [0, 0.05) is 66.0 Å². The summed E-state index contributed by atoms with van der Waals surface area (Å²) in [6, 6.07) is -0.247. The maximum absolute atomic E-state index is 12.5. The van der Waals surface area contributed by atoms with Gasteiger partial charge < -0.3 is 30.8 Å². The molecule has 2 aliphatic rings. The van der Waals surface area contributed by atoms with Crippen LogP contribution in [0.2, 0.25) is 0 Å². The zero-order valence-electron chi connectivity index (χ0n) is 26.0. The summed E-state index contributed by atoms with van der Waals surface area (Å²) in [5.41, 5.74) is 11.2. The summed E-state index contributed by atoms with van der Waals surface area (Å²) >= 11 is 0. The Morgan fingerprint density at radius 3 is 1.63 bits per heavy atom. The van der Waals surface area contributed by atoms with Crippen molar-refractivity contribution in [1.82, 2.24) is 20.6 Å². The number of amides is 2. The summed E-state index contributed by atoms with van der Waals surface area (Å²) in [5, 5.41) is 25.1. The first-order valence-electron chi connectivity index (χ1n) is 15.2. The number of aliphatic carboxylic acids is 2. The van der Waals surface area contributed by atoms with E-state index in [1.54, 1.807) is 0 Å². The molecular formula is C33H44N4O6. The van der Waals surface area contributed by atoms with E-state index >= 15 is 0 Å². The van der Waals surface area contributed by atoms with Gasteiger partial charge in [0.2, 0.25) is 11.8 Å². The number of nitrogens with one attached hydrogen (secondary N) is 4. The second-order valence-corrected chi connectivity index (χ2v) is 11.8. The van der Waals surface area contributed by atoms with Crippen LogP contribution >= 0.6 is 0 Å². The lowest BCUT2D eigenvalue weighted by Crippen LogP contribution is -2.31. The number of aromatic amines is 2. The number of carbonyl (C=O) groups is 4. The highest BCUT2D eigenvalue weighted by atomic mass is 16.4. The predicted octanol–water partition coefficient (Wildman–Crippen LogP) is 4.12. The first-order chi connectivity index (χ1) is 20.4. The molecule has 10 nitrogen and oxygen atoms in total. The van der Waals surface area contributed by atoms with Crippen LogP contribution in [0.4, 0.5) is 0 Å². The van der Waals surface area contributed by atoms with Gasteiger partial charge in [-0.05, 0) is 86.8 Å². The summed E-state index contributed by atoms with van der Waals surface area (Å²) in [4.78, 5) is 55.1. The molecule has 2 atom stereocenters. The van der Waals surface area contributed by atoms with Gasteiger partial charge in [-0.2, -0.15) is 0 Å². The van der Waals surface area contributed by atoms with Crippen LogP contribution < -0.4 is 10.6 Å². The third-order valence-corrected chi connectivity index (χ3v) is 9.35. The summed E-state index contributed by atoms with van der Waals surface area (Å²) in [6.45, 7) is 11.8. The quantitative estimate of drug-likeness (QED) is 0.193. The van der Waals surface area contributed by atoms with Crippen LogP contribution in [-0.2, 0) is 51.3 Å². The molecule has 0 unspecified atom stereocenters. The summed E-state index contributed by atoms with van der Waals surface area (Å²) < 4.78 is 0. The van der Waals surface area contributed by atoms with Crippen LogP contribution in [0.1, 0.15) is 98.4 Å². The van der Waals surface area contributed by atoms with E-state index in [1.165, 1.54) is 0 Å². The SMILES string of the molecule is CCC1=C(C)[C@@H](Cc2[nH]c(Cc3[nH]c(C[C@@H]4NC(=O)C(C)=C4CC)c(C)c3CCC(=O)O)c(CCC(=O)O)c2C)NC1=O. The first-order valence-corrected chi connectivity index (χ1v) is 15.2. The van der Waals surface area contributed by atoms with Gasteiger partial charge in [0.15, 0.2) is 0 Å². The number of hydrogen-bond acceptors (Lipinski definition) is 4. The molecule has 6 N–H and O–H groups in total. The number of hydrogen-bond donors (Lipinski definition) is 6. The maximum Gasteiger partial charge on any atom is 0.303 e. The van der Waals surface area contributed by atoms with Crippen molar-refractivity contribution in [3.05, 3.63) is 67.3 Å². The summed E-state index contributed by atoms with van der Waals surface area (Å²) in [6.07, 6.45) is 3.70. The molecule has 2 aliphatic heterocycles. The highest BCUT2D eigenvalue weighted by Crippen LogP contribution is 2.31. The van der Waals surface area contributed by atoms with Crippen molar-refractivity contribution in [2.24, 2.45) is 0 Å². The van der Waals surface area contributed by atoms with E-state index in [2.05, 4.69) is 20.6 Å². The van der Waals surface area contributed by atoms with Gasteiger partial charge in [0.1, 0.15) is 0 Å². The molecule has 0 spiro atoms. The maximum atomic E-state index is 12.5. The van der Waals surface area contributed by atoms with Crippen molar-refractivity contribution >= 4 is 23.8 Å². The van der Waals surface area contributed by atoms with Gasteiger partial charge in [0.25, 0.3) is 0 Å². The van der Waals surface area contributed by atoms with Crippen LogP contribution in [0.3, 0.4) is 0 Å². The van der Waals surface area contributed by atoms with Crippen molar-refractivity contribution in [2.75, 3.05) is 0 Å². The average molecular weight is 593 g/mol. The molecular weight excluding hydrogens is 548 g/mol. The predicted molar refractivity (Wildman–Crippen MR) is 163 cm³/mol. The van der Waals surface area contributed by atoms with E-state index in [9.17, 15) is 29.4 Å². The van der Waals surface area contributed by atoms with Crippen molar-refractivity contribution in [1.29, 1.82) is 0 Å². The molecule has 4 rings (SSSR count). The lowest BCUT2D eigenvalue weighted by atomic mass is 9.95. The topological polar surface area (TPSA) is 164 Å². The minimum absolute atomic E-state index is 0.0157. The summed E-state index contributed by atoms with van der Waals surface area (Å²) in [5.74, 6) is -1.84. The van der Waals surface area contributed by atoms with E-state index in [0.29, 0.717) is 38.5 Å². The first kappa shape index (κ1) is 31.8. The number of rotatable bonds is 14. The highest BCUT2D eigenvalue weighted by molar-refractivity contribution is 5.97. The van der Waals surface area contributed by atoms with E-state index in [-0.39, 0.29) is 36.7 Å². The largest absolute Gasteiger partial charge is 0.481 e. The number of carbonyl (C=O) groups excluding carboxylic acids is 2. The van der Waals surface area contributed by atoms with Crippen LogP contribution in [-0.4, -0.2) is 56.0 Å². The fourth-order valence-electron chi connectivity index (χ4n) is 6.79. The average Bonchev–Trinajstić information content (AvgIpc) is 3.59. The molecule has 43 heavy (non-hydrogen) atoms. The molecule has 0 aromatic carbocycles. The Morgan fingerprint density at radius 2 is 1.19 bits per heavy atom. The Hall–Kier alpha value is -4.08. The fraction of sp³-hybridized carbons (Fsp3) is 0.515. The molecule has 0 bridgehead atoms. The van der Waals surface area contributed by atoms with E-state index in [4.69, 9.17) is 0 Å². The van der Waals surface area contributed by atoms with Crippen molar-refractivity contribution in [3.63, 3.8) is 0 Å². The van der Waals surface area contributed by atoms with E-state index < -0.39 is 11.9 Å². The van der Waals surface area contributed by atoms with Crippen LogP contribution in [0, 0.1) is 13.8 Å². The number of carboxylic acid groups (broad SMARTS) is 2. The molecule has 0 saturated carbocycles. The van der Waals surface area contributed by atoms with Gasteiger partial charge in [-0.15, -0.1) is 0 Å². The molecule has 0 radical (unpaired) electrons. The third kappa shape index (κ3) is 6.63. The number of carboxylic acids is 2. The molecule has 10 heteroatoms. The zero-order valence-corrected chi connectivity index (χ0v) is 26.0. The Labute approximate surface area is 252 Å². The minimum Gasteiger partial charge on any atom is -0.481 e. The van der Waals surface area contributed by atoms with Gasteiger partial charge in [0.05, 0.1) is 12.1 Å². The van der Waals surface area contributed by atoms with E-state index in [0.717, 1.165) is 73.7 Å². The fourth-order valence-corrected chi connectivity index (χ4v) is 6.79. The molecule has 0 saturated heterocycles. The molecule has 0 fully saturated rings. The molecule has 2 aromatic heterocycles. The monoisotopic (exact) mass is 592 g/mol. The Bertz CT molecular complexity index is 1520. The Morgan fingerprint density at radius 1 is 0.698 bits per heavy atom. The normalized spacial score (nSPS) is 18.6. The van der Waals surface area contributed by atoms with Crippen molar-refractivity contribution in [3.8, 4) is 0 Å². The summed E-state index contributed by atoms with van der Waals surface area (Å²) in [7, 11) is 0. The van der Waals surface area contributed by atoms with Crippen LogP contribution in [0.15, 0.2) is 22.3 Å². The Kier molecular flexibility index (Phi) is 9.67. The second kappa shape index (κ2) is 13.1. The number of aromatic nitrogens is 2. The number of H-pyrrole nitrogens is 2. The van der Waals surface area contributed by atoms with Gasteiger partial charge in [-0.25, -0.2) is 0 Å². The van der Waals surface area contributed by atoms with Crippen molar-refractivity contribution in [2.45, 2.75) is 111 Å². The standard InChI is InChI=1S/C33H44N4O6/c1-7-20-19(6)32(42)37-27(20)14-25-18(5)23(10-12-31(40)41)29(35-25)15-28-22(9-11-30(38)39)17(4)24(34-28)13-26-16(3)21(8-2)33(43)36-26/h26-27,34-35H,7-15H2,1-6H3,(H,36,43)(H,37,42)(H,38,39)(H,40,41)/t26-,27+/m1/s1. The molecule has 2 amide bonds. The smallest absolute Gasteiger partial charge is 0.303 e. The third-order valence-electron chi connectivity index (χ3n) is 9.35. The molecule has 0 aliphatic carbocycles. The molecule has 232 valence electrons. The minimum atomic E-state index is -0.878. The van der Waals surface area contributed by atoms with Crippen LogP contribution in [0.5, 0.6) is 0 Å². The van der Waals surface area contributed by atoms with Gasteiger partial charge >= 0.3 is 11.9 Å². The van der Waals surface area contributed by atoms with Gasteiger partial charge in [-0.3, -0.25) is 19.2 Å². The second-order valence-electron chi connectivity index (χ2n) is 11.8. The molecule has 2 aromatic rings. The highest BCUT2D eigenvalue weighted by Gasteiger charge is 2.31. The Balaban J connectivity index is 1.70. The van der Waals surface area contributed by atoms with Crippen LogP contribution in [0.25, 0.3) is 0 Å². The lowest BCUT2D eigenvalue weighted by Gasteiger charge is -2.14. The lowest BCUT2D eigenvalue weighted by molar-refractivity contribution is -0.138. The zero-order chi connectivity index (χ0) is 31.6. The van der Waals surface area contributed by atoms with Gasteiger partial charge in [-0.1, -0.05) is 13.8 Å².